The molecule has 1 unspecified atom stereocenters. The van der Waals surface area contributed by atoms with Crippen LogP contribution in [0.1, 0.15) is 142 Å². The van der Waals surface area contributed by atoms with E-state index in [-0.39, 0.29) is 6.23 Å². The van der Waals surface area contributed by atoms with Gasteiger partial charge in [-0.15, -0.1) is 0 Å². The zero-order chi connectivity index (χ0) is 19.1. The van der Waals surface area contributed by atoms with Crippen molar-refractivity contribution in [2.24, 2.45) is 0 Å². The number of hydrogen-bond donors (Lipinski definition) is 2. The molecule has 0 aliphatic carbocycles. The van der Waals surface area contributed by atoms with Crippen LogP contribution in [0.3, 0.4) is 0 Å². The minimum absolute atomic E-state index is 0.286. The number of aliphatic hydroxyl groups is 1. The first kappa shape index (κ1) is 25.9. The van der Waals surface area contributed by atoms with E-state index in [1.54, 1.807) is 0 Å². The summed E-state index contributed by atoms with van der Waals surface area (Å²) in [6.45, 7) is 5.20. The molecule has 2 N–H and O–H groups in total. The monoisotopic (exact) mass is 369 g/mol. The number of rotatable bonds is 22. The number of aliphatic hydroxyl groups excluding tert-OH is 1. The molecule has 0 aromatic carbocycles. The van der Waals surface area contributed by atoms with Crippen LogP contribution < -0.4 is 5.32 Å². The summed E-state index contributed by atoms with van der Waals surface area (Å²) >= 11 is 0. The summed E-state index contributed by atoms with van der Waals surface area (Å²) in [7, 11) is 0. The number of nitrogens with one attached hydrogen (secondary N) is 1. The molecule has 2 nitrogen and oxygen atoms in total. The topological polar surface area (TPSA) is 32.3 Å². The Morgan fingerprint density at radius 1 is 0.500 bits per heavy atom. The predicted molar refractivity (Wildman–Crippen MR) is 118 cm³/mol. The van der Waals surface area contributed by atoms with Crippen molar-refractivity contribution in [3.05, 3.63) is 0 Å². The highest BCUT2D eigenvalue weighted by molar-refractivity contribution is 4.54. The maximum atomic E-state index is 9.58. The number of hydrogen-bond acceptors (Lipinski definition) is 2. The lowest BCUT2D eigenvalue weighted by atomic mass is 10.0. The van der Waals surface area contributed by atoms with Crippen LogP contribution in [0, 0.1) is 0 Å². The summed E-state index contributed by atoms with van der Waals surface area (Å²) in [5.41, 5.74) is 0. The zero-order valence-corrected chi connectivity index (χ0v) is 18.4. The molecule has 0 saturated carbocycles. The van der Waals surface area contributed by atoms with Gasteiger partial charge in [-0.05, 0) is 19.4 Å². The fraction of sp³-hybridized carbons (Fsp3) is 1.00. The van der Waals surface area contributed by atoms with E-state index in [4.69, 9.17) is 0 Å². The van der Waals surface area contributed by atoms with Crippen molar-refractivity contribution in [2.45, 2.75) is 148 Å². The molecule has 0 fully saturated rings. The van der Waals surface area contributed by atoms with E-state index in [1.807, 2.05) is 6.92 Å². The minimum atomic E-state index is -0.286. The molecule has 158 valence electrons. The van der Waals surface area contributed by atoms with Gasteiger partial charge >= 0.3 is 0 Å². The van der Waals surface area contributed by atoms with E-state index in [0.717, 1.165) is 19.4 Å². The van der Waals surface area contributed by atoms with Crippen LogP contribution in [-0.2, 0) is 0 Å². The van der Waals surface area contributed by atoms with Crippen LogP contribution in [0.25, 0.3) is 0 Å². The first-order valence-electron chi connectivity index (χ1n) is 12.2. The van der Waals surface area contributed by atoms with Crippen molar-refractivity contribution in [1.82, 2.24) is 5.32 Å². The minimum Gasteiger partial charge on any atom is -0.379 e. The van der Waals surface area contributed by atoms with Crippen molar-refractivity contribution in [3.63, 3.8) is 0 Å². The van der Waals surface area contributed by atoms with Crippen molar-refractivity contribution in [1.29, 1.82) is 0 Å². The second kappa shape index (κ2) is 23.0. The Kier molecular flexibility index (Phi) is 22.9. The van der Waals surface area contributed by atoms with Gasteiger partial charge in [-0.2, -0.15) is 0 Å². The van der Waals surface area contributed by atoms with Crippen LogP contribution in [0.5, 0.6) is 0 Å². The van der Waals surface area contributed by atoms with E-state index in [9.17, 15) is 5.11 Å². The van der Waals surface area contributed by atoms with Gasteiger partial charge in [0.25, 0.3) is 0 Å². The molecular weight excluding hydrogens is 318 g/mol. The average molecular weight is 370 g/mol. The van der Waals surface area contributed by atoms with Gasteiger partial charge in [0.05, 0.1) is 0 Å². The largest absolute Gasteiger partial charge is 0.379 e. The Morgan fingerprint density at radius 2 is 0.808 bits per heavy atom. The van der Waals surface area contributed by atoms with E-state index in [0.29, 0.717) is 0 Å². The third-order valence-electron chi connectivity index (χ3n) is 5.52. The standard InChI is InChI=1S/C24H51NO/c1-3-5-6-7-8-9-10-11-12-13-14-15-16-17-18-19-20-21-22-23-24(26)25-4-2/h24-26H,3-23H2,1-2H3. The van der Waals surface area contributed by atoms with Crippen molar-refractivity contribution >= 4 is 0 Å². The normalized spacial score (nSPS) is 12.6. The molecule has 0 saturated heterocycles. The zero-order valence-electron chi connectivity index (χ0n) is 18.4. The van der Waals surface area contributed by atoms with Gasteiger partial charge in [0, 0.05) is 0 Å². The Hall–Kier alpha value is -0.0800. The fourth-order valence-corrected chi connectivity index (χ4v) is 3.75. The molecule has 0 amide bonds. The summed E-state index contributed by atoms with van der Waals surface area (Å²) in [5, 5.41) is 12.6. The van der Waals surface area contributed by atoms with Crippen LogP contribution in [0.15, 0.2) is 0 Å². The van der Waals surface area contributed by atoms with Crippen molar-refractivity contribution in [2.75, 3.05) is 6.54 Å². The van der Waals surface area contributed by atoms with E-state index >= 15 is 0 Å². The maximum Gasteiger partial charge on any atom is 0.104 e. The lowest BCUT2D eigenvalue weighted by Crippen LogP contribution is -2.27. The van der Waals surface area contributed by atoms with Gasteiger partial charge in [0.2, 0.25) is 0 Å². The van der Waals surface area contributed by atoms with Gasteiger partial charge in [-0.3, -0.25) is 5.32 Å². The molecule has 0 rings (SSSR count). The molecule has 0 aliphatic heterocycles. The summed E-state index contributed by atoms with van der Waals surface area (Å²) in [6, 6.07) is 0. The second-order valence-corrected chi connectivity index (χ2v) is 8.23. The van der Waals surface area contributed by atoms with Crippen molar-refractivity contribution in [3.8, 4) is 0 Å². The van der Waals surface area contributed by atoms with Crippen LogP contribution in [-0.4, -0.2) is 17.9 Å². The third kappa shape index (κ3) is 22.0. The van der Waals surface area contributed by atoms with E-state index < -0.39 is 0 Å². The van der Waals surface area contributed by atoms with Crippen LogP contribution >= 0.6 is 0 Å². The number of unbranched alkanes of at least 4 members (excludes halogenated alkanes) is 18. The van der Waals surface area contributed by atoms with Gasteiger partial charge in [0.15, 0.2) is 0 Å². The van der Waals surface area contributed by atoms with E-state index in [2.05, 4.69) is 12.2 Å². The SMILES string of the molecule is CCCCCCCCCCCCCCCCCCCCCC(O)NCC. The molecule has 0 heterocycles. The van der Waals surface area contributed by atoms with E-state index in [1.165, 1.54) is 116 Å². The molecule has 2 heteroatoms. The molecular formula is C24H51NO. The molecule has 1 atom stereocenters. The Labute approximate surface area is 165 Å². The van der Waals surface area contributed by atoms with Crippen molar-refractivity contribution < 1.29 is 5.11 Å². The molecule has 0 aliphatic rings. The lowest BCUT2D eigenvalue weighted by molar-refractivity contribution is 0.126. The maximum absolute atomic E-state index is 9.58. The highest BCUT2D eigenvalue weighted by Crippen LogP contribution is 2.14. The quantitative estimate of drug-likeness (QED) is 0.151. The fourth-order valence-electron chi connectivity index (χ4n) is 3.75. The smallest absolute Gasteiger partial charge is 0.104 e. The second-order valence-electron chi connectivity index (χ2n) is 8.23. The first-order chi connectivity index (χ1) is 12.8. The molecule has 0 spiro atoms. The molecule has 26 heavy (non-hydrogen) atoms. The molecule has 0 radical (unpaired) electrons. The Bertz CT molecular complexity index is 244. The summed E-state index contributed by atoms with van der Waals surface area (Å²) in [6.07, 6.45) is 27.5. The highest BCUT2D eigenvalue weighted by Gasteiger charge is 2.00. The molecule has 0 aromatic rings. The van der Waals surface area contributed by atoms with Gasteiger partial charge < -0.3 is 5.11 Å². The highest BCUT2D eigenvalue weighted by atomic mass is 16.3. The van der Waals surface area contributed by atoms with Crippen LogP contribution in [0.4, 0.5) is 0 Å². The third-order valence-corrected chi connectivity index (χ3v) is 5.52. The predicted octanol–water partition coefficient (Wildman–Crippen LogP) is 7.74. The Balaban J connectivity index is 3.01. The van der Waals surface area contributed by atoms with Crippen LogP contribution in [0.2, 0.25) is 0 Å². The van der Waals surface area contributed by atoms with Gasteiger partial charge in [0.1, 0.15) is 6.23 Å². The molecule has 0 aromatic heterocycles. The first-order valence-corrected chi connectivity index (χ1v) is 12.2. The summed E-state index contributed by atoms with van der Waals surface area (Å²) in [4.78, 5) is 0. The Morgan fingerprint density at radius 3 is 1.12 bits per heavy atom. The molecule has 0 bridgehead atoms. The summed E-state index contributed by atoms with van der Waals surface area (Å²) in [5.74, 6) is 0. The lowest BCUT2D eigenvalue weighted by Gasteiger charge is -2.10. The van der Waals surface area contributed by atoms with Gasteiger partial charge in [-0.25, -0.2) is 0 Å². The van der Waals surface area contributed by atoms with Gasteiger partial charge in [-0.1, -0.05) is 129 Å². The average Bonchev–Trinajstić information content (AvgIpc) is 2.64. The summed E-state index contributed by atoms with van der Waals surface area (Å²) < 4.78 is 0.